The van der Waals surface area contributed by atoms with Crippen molar-refractivity contribution in [2.24, 2.45) is 45.4 Å². The zero-order valence-electron chi connectivity index (χ0n) is 13.9. The van der Waals surface area contributed by atoms with Crippen molar-refractivity contribution in [2.75, 3.05) is 0 Å². The lowest BCUT2D eigenvalue weighted by molar-refractivity contribution is -0.0936. The van der Waals surface area contributed by atoms with Gasteiger partial charge in [-0.25, -0.2) is 0 Å². The van der Waals surface area contributed by atoms with Crippen molar-refractivity contribution in [3.05, 3.63) is 0 Å². The summed E-state index contributed by atoms with van der Waals surface area (Å²) in [4.78, 5) is 0. The van der Waals surface area contributed by atoms with Gasteiger partial charge < -0.3 is 5.84 Å². The fourth-order valence-electron chi connectivity index (χ4n) is 7.30. The van der Waals surface area contributed by atoms with E-state index in [0.717, 1.165) is 23.7 Å². The Bertz CT molecular complexity index is 456. The molecule has 6 atom stereocenters. The van der Waals surface area contributed by atoms with Crippen molar-refractivity contribution in [1.29, 1.82) is 0 Å². The number of rotatable bonds is 0. The smallest absolute Gasteiger partial charge is 0.0437 e. The van der Waals surface area contributed by atoms with E-state index in [1.165, 1.54) is 69.9 Å². The van der Waals surface area contributed by atoms with Gasteiger partial charge in [-0.05, 0) is 80.5 Å². The van der Waals surface area contributed by atoms with Crippen molar-refractivity contribution in [2.45, 2.75) is 78.1 Å². The highest BCUT2D eigenvalue weighted by molar-refractivity contribution is 5.92. The number of nitrogens with zero attached hydrogens (tertiary/aromatic N) is 1. The van der Waals surface area contributed by atoms with E-state index in [1.54, 1.807) is 0 Å². The van der Waals surface area contributed by atoms with E-state index in [2.05, 4.69) is 18.9 Å². The van der Waals surface area contributed by atoms with E-state index in [4.69, 9.17) is 5.84 Å². The SMILES string of the molecule is C[C@@]12CCCC[C@@H]1CC[C@H]1[C@H]2CC[C@]2(C)/C(=N\N)CC[C@@H]12. The number of fused-ring (bicyclic) bond motifs is 5. The van der Waals surface area contributed by atoms with Crippen LogP contribution < -0.4 is 5.84 Å². The summed E-state index contributed by atoms with van der Waals surface area (Å²) in [6, 6.07) is 0. The molecular weight excluding hydrogens is 256 g/mol. The van der Waals surface area contributed by atoms with Crippen LogP contribution in [0.4, 0.5) is 0 Å². The minimum absolute atomic E-state index is 0.341. The maximum Gasteiger partial charge on any atom is 0.0437 e. The lowest BCUT2D eigenvalue weighted by atomic mass is 9.45. The van der Waals surface area contributed by atoms with E-state index in [9.17, 15) is 0 Å². The maximum absolute atomic E-state index is 5.71. The quantitative estimate of drug-likeness (QED) is 0.507. The molecule has 0 amide bonds. The minimum atomic E-state index is 0.341. The molecule has 0 aromatic heterocycles. The molecule has 0 radical (unpaired) electrons. The topological polar surface area (TPSA) is 38.4 Å². The van der Waals surface area contributed by atoms with Gasteiger partial charge in [-0.15, -0.1) is 0 Å². The highest BCUT2D eigenvalue weighted by Crippen LogP contribution is 2.65. The summed E-state index contributed by atoms with van der Waals surface area (Å²) in [5.41, 5.74) is 2.33. The molecule has 21 heavy (non-hydrogen) atoms. The molecule has 118 valence electrons. The van der Waals surface area contributed by atoms with E-state index in [-0.39, 0.29) is 0 Å². The third kappa shape index (κ3) is 1.80. The first kappa shape index (κ1) is 14.1. The van der Waals surface area contributed by atoms with E-state index in [1.807, 2.05) is 0 Å². The number of hydrazone groups is 1. The molecule has 0 saturated heterocycles. The molecule has 4 aliphatic rings. The van der Waals surface area contributed by atoms with Crippen LogP contribution in [0.15, 0.2) is 5.10 Å². The minimum Gasteiger partial charge on any atom is -0.323 e. The number of nitrogens with two attached hydrogens (primary N) is 1. The van der Waals surface area contributed by atoms with Crippen LogP contribution in [0.3, 0.4) is 0 Å². The van der Waals surface area contributed by atoms with Crippen LogP contribution in [0, 0.1) is 34.5 Å². The molecule has 0 bridgehead atoms. The van der Waals surface area contributed by atoms with Gasteiger partial charge in [0.25, 0.3) is 0 Å². The maximum atomic E-state index is 5.71. The first-order valence-electron chi connectivity index (χ1n) is 9.37. The Morgan fingerprint density at radius 2 is 1.81 bits per heavy atom. The summed E-state index contributed by atoms with van der Waals surface area (Å²) in [6.45, 7) is 5.13. The molecule has 2 heteroatoms. The predicted octanol–water partition coefficient (Wildman–Crippen LogP) is 4.73. The Labute approximate surface area is 129 Å². The lowest BCUT2D eigenvalue weighted by Gasteiger charge is -2.59. The van der Waals surface area contributed by atoms with E-state index in [0.29, 0.717) is 10.8 Å². The van der Waals surface area contributed by atoms with Gasteiger partial charge in [0.2, 0.25) is 0 Å². The van der Waals surface area contributed by atoms with Crippen molar-refractivity contribution in [3.8, 4) is 0 Å². The molecule has 4 saturated carbocycles. The summed E-state index contributed by atoms with van der Waals surface area (Å²) in [6.07, 6.45) is 14.3. The second-order valence-corrected chi connectivity index (χ2v) is 8.97. The Morgan fingerprint density at radius 3 is 2.62 bits per heavy atom. The van der Waals surface area contributed by atoms with Gasteiger partial charge >= 0.3 is 0 Å². The fourth-order valence-corrected chi connectivity index (χ4v) is 7.30. The van der Waals surface area contributed by atoms with Crippen molar-refractivity contribution in [3.63, 3.8) is 0 Å². The van der Waals surface area contributed by atoms with Crippen molar-refractivity contribution < 1.29 is 0 Å². The zero-order valence-corrected chi connectivity index (χ0v) is 13.9. The Kier molecular flexibility index (Phi) is 3.17. The average Bonchev–Trinajstić information content (AvgIpc) is 2.83. The van der Waals surface area contributed by atoms with Gasteiger partial charge in [-0.3, -0.25) is 0 Å². The standard InChI is InChI=1S/C19H32N2/c1-18-11-4-3-5-13(18)6-7-14-15-8-9-17(21-20)19(15,2)12-10-16(14)18/h13-16H,3-12,20H2,1-2H3/b21-17-/t13-,14-,15+,16-,18-,19+/m1/s1. The van der Waals surface area contributed by atoms with Crippen LogP contribution >= 0.6 is 0 Å². The highest BCUT2D eigenvalue weighted by Gasteiger charge is 2.58. The van der Waals surface area contributed by atoms with Crippen LogP contribution in [-0.4, -0.2) is 5.71 Å². The molecule has 0 aliphatic heterocycles. The summed E-state index contributed by atoms with van der Waals surface area (Å²) in [5.74, 6) is 9.57. The summed E-state index contributed by atoms with van der Waals surface area (Å²) in [5, 5.41) is 4.20. The molecule has 0 unspecified atom stereocenters. The Hall–Kier alpha value is -0.530. The molecule has 2 nitrogen and oxygen atoms in total. The molecule has 0 heterocycles. The second-order valence-electron chi connectivity index (χ2n) is 8.97. The Morgan fingerprint density at radius 1 is 0.952 bits per heavy atom. The van der Waals surface area contributed by atoms with E-state index >= 15 is 0 Å². The molecule has 4 aliphatic carbocycles. The second kappa shape index (κ2) is 4.73. The first-order chi connectivity index (χ1) is 10.1. The van der Waals surface area contributed by atoms with Crippen LogP contribution in [0.5, 0.6) is 0 Å². The van der Waals surface area contributed by atoms with Gasteiger partial charge in [0, 0.05) is 11.1 Å². The molecule has 4 rings (SSSR count). The van der Waals surface area contributed by atoms with E-state index < -0.39 is 0 Å². The number of hydrogen-bond donors (Lipinski definition) is 1. The van der Waals surface area contributed by atoms with Crippen molar-refractivity contribution >= 4 is 5.71 Å². The fraction of sp³-hybridized carbons (Fsp3) is 0.947. The van der Waals surface area contributed by atoms with Crippen LogP contribution in [0.2, 0.25) is 0 Å². The molecule has 0 spiro atoms. The summed E-state index contributed by atoms with van der Waals surface area (Å²) >= 11 is 0. The monoisotopic (exact) mass is 288 g/mol. The average molecular weight is 288 g/mol. The molecule has 2 N–H and O–H groups in total. The van der Waals surface area contributed by atoms with Gasteiger partial charge in [0.15, 0.2) is 0 Å². The molecular formula is C19H32N2. The normalized spacial score (nSPS) is 54.9. The summed E-state index contributed by atoms with van der Waals surface area (Å²) < 4.78 is 0. The zero-order chi connectivity index (χ0) is 14.7. The summed E-state index contributed by atoms with van der Waals surface area (Å²) in [7, 11) is 0. The predicted molar refractivity (Wildman–Crippen MR) is 88.0 cm³/mol. The highest BCUT2D eigenvalue weighted by atomic mass is 15.1. The lowest BCUT2D eigenvalue weighted by Crippen LogP contribution is -2.52. The largest absolute Gasteiger partial charge is 0.323 e. The molecule has 4 fully saturated rings. The van der Waals surface area contributed by atoms with Crippen LogP contribution in [0.25, 0.3) is 0 Å². The third-order valence-electron chi connectivity index (χ3n) is 8.48. The third-order valence-corrected chi connectivity index (χ3v) is 8.48. The number of hydrogen-bond acceptors (Lipinski definition) is 2. The van der Waals surface area contributed by atoms with Crippen LogP contribution in [0.1, 0.15) is 78.1 Å². The van der Waals surface area contributed by atoms with Gasteiger partial charge in [-0.2, -0.15) is 5.10 Å². The van der Waals surface area contributed by atoms with Crippen molar-refractivity contribution in [1.82, 2.24) is 0 Å². The van der Waals surface area contributed by atoms with Crippen LogP contribution in [-0.2, 0) is 0 Å². The first-order valence-corrected chi connectivity index (χ1v) is 9.37. The Balaban J connectivity index is 1.66. The molecule has 0 aromatic carbocycles. The van der Waals surface area contributed by atoms with Gasteiger partial charge in [-0.1, -0.05) is 26.7 Å². The van der Waals surface area contributed by atoms with Gasteiger partial charge in [0.05, 0.1) is 0 Å². The van der Waals surface area contributed by atoms with Gasteiger partial charge in [0.1, 0.15) is 0 Å². The molecule has 0 aromatic rings.